The molecule has 1 unspecified atom stereocenters. The van der Waals surface area contributed by atoms with Crippen molar-refractivity contribution in [2.45, 2.75) is 123 Å². The topological polar surface area (TPSA) is 93.1 Å². The molecule has 2 N–H and O–H groups in total. The minimum Gasteiger partial charge on any atom is -0.461 e. The van der Waals surface area contributed by atoms with E-state index < -0.39 is 17.0 Å². The normalized spacial score (nSPS) is 19.8. The number of aliphatic hydroxyl groups is 2. The molecule has 0 bridgehead atoms. The Morgan fingerprint density at radius 3 is 1.85 bits per heavy atom. The molecule has 1 atom stereocenters. The molecule has 33 heavy (non-hydrogen) atoms. The minimum atomic E-state index is -1.15. The van der Waals surface area contributed by atoms with Crippen molar-refractivity contribution >= 4 is 11.9 Å². The Balaban J connectivity index is 2.12. The van der Waals surface area contributed by atoms with Gasteiger partial charge in [0.1, 0.15) is 6.61 Å². The van der Waals surface area contributed by atoms with Crippen LogP contribution in [-0.2, 0) is 19.1 Å². The largest absolute Gasteiger partial charge is 0.461 e. The second-order valence-electron chi connectivity index (χ2n) is 10.6. The molecule has 0 amide bonds. The van der Waals surface area contributed by atoms with Crippen molar-refractivity contribution in [3.05, 3.63) is 11.6 Å². The highest BCUT2D eigenvalue weighted by atomic mass is 16.6. The molecule has 1 fully saturated rings. The molecule has 0 radical (unpaired) electrons. The number of carbonyl (C=O) groups excluding carboxylic acids is 2. The number of hydrogen-bond donors (Lipinski definition) is 2. The van der Waals surface area contributed by atoms with E-state index in [0.29, 0.717) is 12.2 Å². The minimum absolute atomic E-state index is 0.119. The van der Waals surface area contributed by atoms with Crippen molar-refractivity contribution in [3.63, 3.8) is 0 Å². The van der Waals surface area contributed by atoms with Gasteiger partial charge in [-0.25, -0.2) is 4.79 Å². The van der Waals surface area contributed by atoms with E-state index in [1.165, 1.54) is 57.8 Å². The molecule has 0 aliphatic carbocycles. The van der Waals surface area contributed by atoms with Crippen LogP contribution < -0.4 is 0 Å². The summed E-state index contributed by atoms with van der Waals surface area (Å²) in [4.78, 5) is 24.2. The summed E-state index contributed by atoms with van der Waals surface area (Å²) in [5.41, 5.74) is -1.21. The van der Waals surface area contributed by atoms with Gasteiger partial charge in [0.05, 0.1) is 12.0 Å². The fourth-order valence-corrected chi connectivity index (χ4v) is 3.98. The third-order valence-corrected chi connectivity index (χ3v) is 6.20. The monoisotopic (exact) mass is 468 g/mol. The first kappa shape index (κ1) is 29.6. The Bertz CT molecular complexity index is 592. The lowest BCUT2D eigenvalue weighted by Crippen LogP contribution is -2.40. The molecule has 0 saturated carbocycles. The van der Waals surface area contributed by atoms with Crippen molar-refractivity contribution in [2.24, 2.45) is 5.41 Å². The predicted octanol–water partition coefficient (Wildman–Crippen LogP) is 5.63. The van der Waals surface area contributed by atoms with E-state index in [2.05, 4.69) is 0 Å². The number of ether oxygens (including phenoxy) is 2. The molecule has 1 aliphatic heterocycles. The highest BCUT2D eigenvalue weighted by Gasteiger charge is 2.45. The van der Waals surface area contributed by atoms with E-state index in [1.807, 2.05) is 6.08 Å². The van der Waals surface area contributed by atoms with Crippen molar-refractivity contribution in [1.29, 1.82) is 0 Å². The van der Waals surface area contributed by atoms with Crippen LogP contribution in [0.3, 0.4) is 0 Å². The van der Waals surface area contributed by atoms with E-state index in [-0.39, 0.29) is 25.6 Å². The molecular formula is C27H48O6. The van der Waals surface area contributed by atoms with Gasteiger partial charge in [0.25, 0.3) is 0 Å². The van der Waals surface area contributed by atoms with Crippen LogP contribution in [0.15, 0.2) is 11.6 Å². The summed E-state index contributed by atoms with van der Waals surface area (Å²) in [6.45, 7) is 5.12. The first-order valence-corrected chi connectivity index (χ1v) is 13.1. The van der Waals surface area contributed by atoms with Gasteiger partial charge in [-0.05, 0) is 40.0 Å². The molecule has 1 saturated heterocycles. The molecular weight excluding hydrogens is 420 g/mol. The first-order valence-electron chi connectivity index (χ1n) is 13.1. The highest BCUT2D eigenvalue weighted by Crippen LogP contribution is 2.32. The van der Waals surface area contributed by atoms with Gasteiger partial charge in [-0.15, -0.1) is 0 Å². The van der Waals surface area contributed by atoms with Gasteiger partial charge in [0.2, 0.25) is 0 Å². The van der Waals surface area contributed by atoms with Crippen molar-refractivity contribution in [2.75, 3.05) is 19.8 Å². The van der Waals surface area contributed by atoms with Gasteiger partial charge < -0.3 is 19.7 Å². The standard InChI is InChI=1S/C27H48O6/c1-26(2,3)25(31)32-22-27(21-29)20-23(24(30)33-27)18-16-14-12-10-8-6-4-5-7-9-11-13-15-17-19-28/h18,28-29H,4-17,19-22H2,1-3H3/b23-18-. The average Bonchev–Trinajstić information content (AvgIpc) is 3.10. The van der Waals surface area contributed by atoms with E-state index in [9.17, 15) is 14.7 Å². The maximum absolute atomic E-state index is 12.2. The van der Waals surface area contributed by atoms with Gasteiger partial charge in [-0.2, -0.15) is 0 Å². The van der Waals surface area contributed by atoms with Crippen molar-refractivity contribution < 1.29 is 29.3 Å². The maximum atomic E-state index is 12.2. The molecule has 0 aromatic heterocycles. The number of unbranched alkanes of at least 4 members (excludes halogenated alkanes) is 13. The van der Waals surface area contributed by atoms with Crippen LogP contribution >= 0.6 is 0 Å². The fourth-order valence-electron chi connectivity index (χ4n) is 3.98. The Labute approximate surface area is 201 Å². The molecule has 1 rings (SSSR count). The third-order valence-electron chi connectivity index (χ3n) is 6.20. The van der Waals surface area contributed by atoms with E-state index in [1.54, 1.807) is 20.8 Å². The summed E-state index contributed by atoms with van der Waals surface area (Å²) in [7, 11) is 0. The molecule has 0 spiro atoms. The summed E-state index contributed by atoms with van der Waals surface area (Å²) in [5.74, 6) is -0.790. The fraction of sp³-hybridized carbons (Fsp3) is 0.852. The molecule has 6 heteroatoms. The lowest BCUT2D eigenvalue weighted by molar-refractivity contribution is -0.171. The van der Waals surface area contributed by atoms with Gasteiger partial charge >= 0.3 is 11.9 Å². The molecule has 192 valence electrons. The number of esters is 2. The van der Waals surface area contributed by atoms with Crippen LogP contribution in [0, 0.1) is 5.41 Å². The van der Waals surface area contributed by atoms with Crippen LogP contribution in [-0.4, -0.2) is 47.6 Å². The SMILES string of the molecule is CC(C)(C)C(=O)OCC1(CO)C/C(=C/CCCCCCCCCCCCCCCO)C(=O)O1. The van der Waals surface area contributed by atoms with Gasteiger partial charge in [-0.1, -0.05) is 76.7 Å². The van der Waals surface area contributed by atoms with E-state index in [0.717, 1.165) is 32.1 Å². The second-order valence-corrected chi connectivity index (χ2v) is 10.6. The summed E-state index contributed by atoms with van der Waals surface area (Å²) in [6, 6.07) is 0. The second kappa shape index (κ2) is 16.3. The molecule has 6 nitrogen and oxygen atoms in total. The molecule has 0 aromatic carbocycles. The molecule has 1 heterocycles. The van der Waals surface area contributed by atoms with Crippen LogP contribution in [0.4, 0.5) is 0 Å². The van der Waals surface area contributed by atoms with Gasteiger partial charge in [0.15, 0.2) is 5.60 Å². The number of cyclic esters (lactones) is 1. The Kier molecular flexibility index (Phi) is 14.6. The quantitative estimate of drug-likeness (QED) is 0.154. The average molecular weight is 469 g/mol. The highest BCUT2D eigenvalue weighted by molar-refractivity contribution is 5.91. The third kappa shape index (κ3) is 12.6. The summed E-state index contributed by atoms with van der Waals surface area (Å²) in [6.07, 6.45) is 18.9. The van der Waals surface area contributed by atoms with Crippen molar-refractivity contribution in [3.8, 4) is 0 Å². The van der Waals surface area contributed by atoms with Crippen LogP contribution in [0.25, 0.3) is 0 Å². The summed E-state index contributed by atoms with van der Waals surface area (Å²) >= 11 is 0. The maximum Gasteiger partial charge on any atom is 0.334 e. The number of carbonyl (C=O) groups is 2. The first-order chi connectivity index (χ1) is 15.7. The van der Waals surface area contributed by atoms with E-state index >= 15 is 0 Å². The Morgan fingerprint density at radius 2 is 1.39 bits per heavy atom. The number of rotatable bonds is 18. The number of allylic oxidation sites excluding steroid dienone is 1. The Hall–Kier alpha value is -1.40. The number of aliphatic hydroxyl groups excluding tert-OH is 2. The summed E-state index contributed by atoms with van der Waals surface area (Å²) in [5, 5.41) is 18.5. The van der Waals surface area contributed by atoms with Gasteiger partial charge in [-0.3, -0.25) is 4.79 Å². The zero-order valence-electron chi connectivity index (χ0n) is 21.3. The van der Waals surface area contributed by atoms with Crippen molar-refractivity contribution in [1.82, 2.24) is 0 Å². The zero-order chi connectivity index (χ0) is 24.6. The predicted molar refractivity (Wildman–Crippen MR) is 131 cm³/mol. The summed E-state index contributed by atoms with van der Waals surface area (Å²) < 4.78 is 10.7. The van der Waals surface area contributed by atoms with Gasteiger partial charge in [0, 0.05) is 18.6 Å². The Morgan fingerprint density at radius 1 is 0.909 bits per heavy atom. The van der Waals surface area contributed by atoms with Crippen LogP contribution in [0.2, 0.25) is 0 Å². The zero-order valence-corrected chi connectivity index (χ0v) is 21.3. The smallest absolute Gasteiger partial charge is 0.334 e. The van der Waals surface area contributed by atoms with Crippen LogP contribution in [0.5, 0.6) is 0 Å². The molecule has 0 aromatic rings. The number of hydrogen-bond acceptors (Lipinski definition) is 6. The lowest BCUT2D eigenvalue weighted by atomic mass is 9.96. The molecule has 1 aliphatic rings. The van der Waals surface area contributed by atoms with Crippen LogP contribution in [0.1, 0.15) is 117 Å². The lowest BCUT2D eigenvalue weighted by Gasteiger charge is -2.26. The van der Waals surface area contributed by atoms with E-state index in [4.69, 9.17) is 14.6 Å².